The summed E-state index contributed by atoms with van der Waals surface area (Å²) in [6, 6.07) is 9.48. The van der Waals surface area contributed by atoms with Gasteiger partial charge in [0.1, 0.15) is 17.4 Å². The highest BCUT2D eigenvalue weighted by Crippen LogP contribution is 2.28. The smallest absolute Gasteiger partial charge is 0.339 e. The van der Waals surface area contributed by atoms with E-state index in [0.717, 1.165) is 5.56 Å². The van der Waals surface area contributed by atoms with Crippen molar-refractivity contribution in [2.75, 3.05) is 6.61 Å². The van der Waals surface area contributed by atoms with Crippen LogP contribution in [0.1, 0.15) is 40.3 Å². The number of carboxylic acids is 1. The Morgan fingerprint density at radius 1 is 1.42 bits per heavy atom. The fourth-order valence-corrected chi connectivity index (χ4v) is 2.04. The van der Waals surface area contributed by atoms with E-state index in [9.17, 15) is 9.90 Å². The molecular formula is C14H16N2O3. The van der Waals surface area contributed by atoms with Crippen LogP contribution in [0.5, 0.6) is 0 Å². The highest BCUT2D eigenvalue weighted by molar-refractivity contribution is 5.90. The second kappa shape index (κ2) is 5.67. The number of aromatic carboxylic acids is 1. The van der Waals surface area contributed by atoms with E-state index in [1.165, 1.54) is 0 Å². The van der Waals surface area contributed by atoms with Crippen LogP contribution in [0.4, 0.5) is 0 Å². The molecule has 2 N–H and O–H groups in total. The van der Waals surface area contributed by atoms with Crippen LogP contribution in [0.15, 0.2) is 30.3 Å². The lowest BCUT2D eigenvalue weighted by Gasteiger charge is -2.16. The third kappa shape index (κ3) is 2.66. The van der Waals surface area contributed by atoms with Gasteiger partial charge in [0, 0.05) is 12.3 Å². The molecule has 0 saturated heterocycles. The summed E-state index contributed by atoms with van der Waals surface area (Å²) in [6.45, 7) is 4.04. The fraction of sp³-hybridized carbons (Fsp3) is 0.286. The zero-order valence-corrected chi connectivity index (χ0v) is 10.9. The van der Waals surface area contributed by atoms with Crippen molar-refractivity contribution in [3.8, 4) is 0 Å². The minimum atomic E-state index is -0.998. The van der Waals surface area contributed by atoms with Gasteiger partial charge < -0.3 is 9.84 Å². The number of ether oxygens (including phenoxy) is 1. The summed E-state index contributed by atoms with van der Waals surface area (Å²) < 4.78 is 5.67. The fourth-order valence-electron chi connectivity index (χ4n) is 2.04. The van der Waals surface area contributed by atoms with Crippen LogP contribution in [0, 0.1) is 6.92 Å². The summed E-state index contributed by atoms with van der Waals surface area (Å²) in [4.78, 5) is 11.3. The van der Waals surface area contributed by atoms with Gasteiger partial charge in [0.15, 0.2) is 0 Å². The number of aryl methyl sites for hydroxylation is 1. The van der Waals surface area contributed by atoms with E-state index in [1.54, 1.807) is 6.92 Å². The van der Waals surface area contributed by atoms with Crippen molar-refractivity contribution in [2.45, 2.75) is 20.0 Å². The van der Waals surface area contributed by atoms with Crippen LogP contribution in [0.2, 0.25) is 0 Å². The molecule has 1 heterocycles. The zero-order valence-electron chi connectivity index (χ0n) is 10.9. The van der Waals surface area contributed by atoms with Gasteiger partial charge in [-0.25, -0.2) is 4.79 Å². The lowest BCUT2D eigenvalue weighted by atomic mass is 10.0. The summed E-state index contributed by atoms with van der Waals surface area (Å²) in [5.74, 6) is -0.998. The number of hydrogen-bond acceptors (Lipinski definition) is 3. The van der Waals surface area contributed by atoms with Crippen molar-refractivity contribution < 1.29 is 14.6 Å². The molecule has 0 bridgehead atoms. The number of carbonyl (C=O) groups is 1. The zero-order chi connectivity index (χ0) is 13.8. The van der Waals surface area contributed by atoms with Gasteiger partial charge in [-0.15, -0.1) is 0 Å². The van der Waals surface area contributed by atoms with Crippen molar-refractivity contribution in [2.24, 2.45) is 0 Å². The van der Waals surface area contributed by atoms with Crippen molar-refractivity contribution in [1.29, 1.82) is 0 Å². The topological polar surface area (TPSA) is 75.2 Å². The molecule has 0 aliphatic rings. The van der Waals surface area contributed by atoms with E-state index < -0.39 is 12.1 Å². The second-order valence-corrected chi connectivity index (χ2v) is 4.16. The number of aromatic amines is 1. The number of H-pyrrole nitrogens is 1. The molecule has 1 unspecified atom stereocenters. The first-order valence-corrected chi connectivity index (χ1v) is 6.09. The molecule has 0 aliphatic heterocycles. The van der Waals surface area contributed by atoms with Crippen LogP contribution < -0.4 is 0 Å². The van der Waals surface area contributed by atoms with Crippen LogP contribution in [0.3, 0.4) is 0 Å². The second-order valence-electron chi connectivity index (χ2n) is 4.16. The maximum absolute atomic E-state index is 11.3. The summed E-state index contributed by atoms with van der Waals surface area (Å²) in [5.41, 5.74) is 2.02. The monoisotopic (exact) mass is 260 g/mol. The third-order valence-corrected chi connectivity index (χ3v) is 2.87. The Bertz CT molecular complexity index is 563. The molecule has 100 valence electrons. The van der Waals surface area contributed by atoms with Crippen molar-refractivity contribution in [3.63, 3.8) is 0 Å². The number of hydrogen-bond donors (Lipinski definition) is 2. The van der Waals surface area contributed by atoms with Gasteiger partial charge in [-0.1, -0.05) is 30.3 Å². The van der Waals surface area contributed by atoms with Crippen LogP contribution in [-0.4, -0.2) is 27.9 Å². The number of nitrogens with one attached hydrogen (secondary N) is 1. The van der Waals surface area contributed by atoms with E-state index in [0.29, 0.717) is 18.0 Å². The normalized spacial score (nSPS) is 12.3. The number of aromatic nitrogens is 2. The molecule has 0 amide bonds. The Morgan fingerprint density at radius 3 is 2.68 bits per heavy atom. The number of benzene rings is 1. The minimum absolute atomic E-state index is 0.183. The predicted octanol–water partition coefficient (Wildman–Crippen LogP) is 2.54. The molecule has 0 radical (unpaired) electrons. The lowest BCUT2D eigenvalue weighted by molar-refractivity contribution is 0.0668. The van der Waals surface area contributed by atoms with Gasteiger partial charge in [0.2, 0.25) is 0 Å². The van der Waals surface area contributed by atoms with Gasteiger partial charge >= 0.3 is 5.97 Å². The molecule has 1 aromatic carbocycles. The summed E-state index contributed by atoms with van der Waals surface area (Å²) >= 11 is 0. The molecule has 0 spiro atoms. The molecule has 5 nitrogen and oxygen atoms in total. The molecule has 2 aromatic rings. The number of rotatable bonds is 5. The Morgan fingerprint density at radius 2 is 2.11 bits per heavy atom. The SMILES string of the molecule is CCOC(c1ccccc1)c1n[nH]c(C)c1C(=O)O. The standard InChI is InChI=1S/C14H16N2O3/c1-3-19-13(10-7-5-4-6-8-10)12-11(14(17)18)9(2)15-16-12/h4-8,13H,3H2,1-2H3,(H,15,16)(H,17,18). The van der Waals surface area contributed by atoms with E-state index in [-0.39, 0.29) is 5.56 Å². The predicted molar refractivity (Wildman–Crippen MR) is 70.2 cm³/mol. The van der Waals surface area contributed by atoms with Crippen LogP contribution in [-0.2, 0) is 4.74 Å². The average molecular weight is 260 g/mol. The molecule has 0 aliphatic carbocycles. The lowest BCUT2D eigenvalue weighted by Crippen LogP contribution is -2.11. The Balaban J connectivity index is 2.49. The maximum Gasteiger partial charge on any atom is 0.339 e. The van der Waals surface area contributed by atoms with Gasteiger partial charge in [-0.3, -0.25) is 5.10 Å². The third-order valence-electron chi connectivity index (χ3n) is 2.87. The van der Waals surface area contributed by atoms with Gasteiger partial charge in [0.25, 0.3) is 0 Å². The molecule has 1 atom stereocenters. The molecule has 2 rings (SSSR count). The first-order chi connectivity index (χ1) is 9.15. The molecular weight excluding hydrogens is 244 g/mol. The molecule has 19 heavy (non-hydrogen) atoms. The highest BCUT2D eigenvalue weighted by Gasteiger charge is 2.26. The average Bonchev–Trinajstić information content (AvgIpc) is 2.79. The number of carboxylic acid groups (broad SMARTS) is 1. The summed E-state index contributed by atoms with van der Waals surface area (Å²) in [7, 11) is 0. The maximum atomic E-state index is 11.3. The quantitative estimate of drug-likeness (QED) is 0.866. The molecule has 0 saturated carbocycles. The van der Waals surface area contributed by atoms with Crippen molar-refractivity contribution in [3.05, 3.63) is 52.8 Å². The van der Waals surface area contributed by atoms with E-state index in [4.69, 9.17) is 4.74 Å². The molecule has 0 fully saturated rings. The number of nitrogens with zero attached hydrogens (tertiary/aromatic N) is 1. The first-order valence-electron chi connectivity index (χ1n) is 6.09. The van der Waals surface area contributed by atoms with Gasteiger partial charge in [0.05, 0.1) is 0 Å². The molecule has 5 heteroatoms. The first kappa shape index (κ1) is 13.3. The minimum Gasteiger partial charge on any atom is -0.478 e. The summed E-state index contributed by atoms with van der Waals surface area (Å²) in [5, 5.41) is 16.1. The van der Waals surface area contributed by atoms with E-state index >= 15 is 0 Å². The van der Waals surface area contributed by atoms with Gasteiger partial charge in [-0.05, 0) is 19.4 Å². The Hall–Kier alpha value is -2.14. The van der Waals surface area contributed by atoms with E-state index in [2.05, 4.69) is 10.2 Å². The Labute approximate surface area is 111 Å². The van der Waals surface area contributed by atoms with Gasteiger partial charge in [-0.2, -0.15) is 5.10 Å². The largest absolute Gasteiger partial charge is 0.478 e. The molecule has 1 aromatic heterocycles. The van der Waals surface area contributed by atoms with Crippen molar-refractivity contribution >= 4 is 5.97 Å². The highest BCUT2D eigenvalue weighted by atomic mass is 16.5. The summed E-state index contributed by atoms with van der Waals surface area (Å²) in [6.07, 6.45) is -0.470. The van der Waals surface area contributed by atoms with Crippen molar-refractivity contribution in [1.82, 2.24) is 10.2 Å². The van der Waals surface area contributed by atoms with Crippen LogP contribution >= 0.6 is 0 Å². The van der Waals surface area contributed by atoms with Crippen LogP contribution in [0.25, 0.3) is 0 Å². The Kier molecular flexibility index (Phi) is 3.97. The van der Waals surface area contributed by atoms with E-state index in [1.807, 2.05) is 37.3 Å².